The van der Waals surface area contributed by atoms with Gasteiger partial charge in [0.1, 0.15) is 0 Å². The highest BCUT2D eigenvalue weighted by Crippen LogP contribution is 2.36. The van der Waals surface area contributed by atoms with Gasteiger partial charge in [-0.3, -0.25) is 0 Å². The van der Waals surface area contributed by atoms with E-state index in [1.54, 1.807) is 0 Å². The highest BCUT2D eigenvalue weighted by Gasteiger charge is 2.28. The highest BCUT2D eigenvalue weighted by atomic mass is 16.5. The molecule has 15 heavy (non-hydrogen) atoms. The molecular formula is C13H25NO. The van der Waals surface area contributed by atoms with Crippen molar-refractivity contribution in [3.05, 3.63) is 0 Å². The lowest BCUT2D eigenvalue weighted by molar-refractivity contribution is 0.0156. The molecule has 1 atom stereocenters. The minimum atomic E-state index is 0.490. The molecule has 0 bridgehead atoms. The molecule has 2 rings (SSSR count). The smallest absolute Gasteiger partial charge is 0.0699 e. The maximum atomic E-state index is 5.71. The summed E-state index contributed by atoms with van der Waals surface area (Å²) in [6.45, 7) is 5.65. The van der Waals surface area contributed by atoms with Gasteiger partial charge in [-0.05, 0) is 37.5 Å². The zero-order chi connectivity index (χ0) is 10.6. The molecule has 2 aliphatic rings. The van der Waals surface area contributed by atoms with E-state index < -0.39 is 0 Å². The van der Waals surface area contributed by atoms with Gasteiger partial charge in [0.25, 0.3) is 0 Å². The number of nitrogens with one attached hydrogen (secondary N) is 1. The van der Waals surface area contributed by atoms with Crippen LogP contribution in [0.4, 0.5) is 0 Å². The van der Waals surface area contributed by atoms with Crippen molar-refractivity contribution >= 4 is 0 Å². The van der Waals surface area contributed by atoms with E-state index >= 15 is 0 Å². The first-order valence-corrected chi connectivity index (χ1v) is 6.61. The highest BCUT2D eigenvalue weighted by molar-refractivity contribution is 4.82. The first kappa shape index (κ1) is 11.4. The molecule has 0 aromatic carbocycles. The molecule has 0 amide bonds. The fourth-order valence-corrected chi connectivity index (χ4v) is 2.91. The number of hydrogen-bond acceptors (Lipinski definition) is 2. The number of hydrogen-bond donors (Lipinski definition) is 1. The van der Waals surface area contributed by atoms with Crippen LogP contribution in [0.25, 0.3) is 0 Å². The van der Waals surface area contributed by atoms with E-state index in [9.17, 15) is 0 Å². The van der Waals surface area contributed by atoms with E-state index in [1.165, 1.54) is 51.5 Å². The summed E-state index contributed by atoms with van der Waals surface area (Å²) in [5.41, 5.74) is 0.578. The number of rotatable bonds is 4. The van der Waals surface area contributed by atoms with Crippen molar-refractivity contribution in [1.29, 1.82) is 0 Å². The Morgan fingerprint density at radius 2 is 2.00 bits per heavy atom. The summed E-state index contributed by atoms with van der Waals surface area (Å²) in [5, 5.41) is 3.61. The van der Waals surface area contributed by atoms with E-state index in [2.05, 4.69) is 12.2 Å². The standard InChI is InChI=1S/C13H25NO/c1-13(7-3-4-8-13)11-14-10-12-6-2-5-9-15-12/h12,14H,2-11H2,1H3. The molecule has 0 radical (unpaired) electrons. The fourth-order valence-electron chi connectivity index (χ4n) is 2.91. The second-order valence-electron chi connectivity index (χ2n) is 5.64. The predicted molar refractivity (Wildman–Crippen MR) is 63.0 cm³/mol. The molecule has 1 saturated carbocycles. The van der Waals surface area contributed by atoms with E-state index in [-0.39, 0.29) is 0 Å². The van der Waals surface area contributed by atoms with Gasteiger partial charge in [-0.1, -0.05) is 19.8 Å². The Balaban J connectivity index is 1.61. The van der Waals surface area contributed by atoms with Gasteiger partial charge in [-0.25, -0.2) is 0 Å². The minimum absolute atomic E-state index is 0.490. The van der Waals surface area contributed by atoms with E-state index in [1.807, 2.05) is 0 Å². The molecular weight excluding hydrogens is 186 g/mol. The van der Waals surface area contributed by atoms with E-state index in [4.69, 9.17) is 4.74 Å². The zero-order valence-corrected chi connectivity index (χ0v) is 10.1. The van der Waals surface area contributed by atoms with Crippen molar-refractivity contribution < 1.29 is 4.74 Å². The van der Waals surface area contributed by atoms with Gasteiger partial charge in [-0.15, -0.1) is 0 Å². The zero-order valence-electron chi connectivity index (χ0n) is 10.1. The van der Waals surface area contributed by atoms with E-state index in [0.29, 0.717) is 11.5 Å². The molecule has 2 fully saturated rings. The van der Waals surface area contributed by atoms with Gasteiger partial charge in [-0.2, -0.15) is 0 Å². The molecule has 1 heterocycles. The second kappa shape index (κ2) is 5.31. The average molecular weight is 211 g/mol. The Kier molecular flexibility index (Phi) is 4.04. The first-order chi connectivity index (χ1) is 7.29. The minimum Gasteiger partial charge on any atom is -0.377 e. The van der Waals surface area contributed by atoms with Gasteiger partial charge < -0.3 is 10.1 Å². The Labute approximate surface area is 93.8 Å². The van der Waals surface area contributed by atoms with Crippen LogP contribution in [0, 0.1) is 5.41 Å². The predicted octanol–water partition coefficient (Wildman–Crippen LogP) is 2.73. The van der Waals surface area contributed by atoms with Gasteiger partial charge in [0, 0.05) is 19.7 Å². The molecule has 1 aliphatic heterocycles. The molecule has 0 aromatic rings. The summed E-state index contributed by atoms with van der Waals surface area (Å²) < 4.78 is 5.71. The van der Waals surface area contributed by atoms with Crippen LogP contribution in [-0.4, -0.2) is 25.8 Å². The monoisotopic (exact) mass is 211 g/mol. The quantitative estimate of drug-likeness (QED) is 0.772. The van der Waals surface area contributed by atoms with Gasteiger partial charge in [0.05, 0.1) is 6.10 Å². The Morgan fingerprint density at radius 1 is 1.20 bits per heavy atom. The summed E-state index contributed by atoms with van der Waals surface area (Å²) in [6, 6.07) is 0. The van der Waals surface area contributed by atoms with Crippen molar-refractivity contribution in [2.75, 3.05) is 19.7 Å². The van der Waals surface area contributed by atoms with Crippen LogP contribution in [0.1, 0.15) is 51.9 Å². The van der Waals surface area contributed by atoms with Crippen molar-refractivity contribution in [2.24, 2.45) is 5.41 Å². The summed E-state index contributed by atoms with van der Waals surface area (Å²) >= 11 is 0. The second-order valence-corrected chi connectivity index (χ2v) is 5.64. The van der Waals surface area contributed by atoms with Crippen LogP contribution in [0.5, 0.6) is 0 Å². The summed E-state index contributed by atoms with van der Waals surface area (Å²) in [4.78, 5) is 0. The molecule has 1 unspecified atom stereocenters. The molecule has 0 spiro atoms. The topological polar surface area (TPSA) is 21.3 Å². The average Bonchev–Trinajstić information content (AvgIpc) is 2.67. The lowest BCUT2D eigenvalue weighted by atomic mass is 9.89. The van der Waals surface area contributed by atoms with Crippen LogP contribution in [0.2, 0.25) is 0 Å². The van der Waals surface area contributed by atoms with Crippen LogP contribution in [0.15, 0.2) is 0 Å². The summed E-state index contributed by atoms with van der Waals surface area (Å²) in [5.74, 6) is 0. The largest absolute Gasteiger partial charge is 0.377 e. The Morgan fingerprint density at radius 3 is 2.67 bits per heavy atom. The maximum absolute atomic E-state index is 5.71. The van der Waals surface area contributed by atoms with Crippen LogP contribution in [0.3, 0.4) is 0 Å². The molecule has 2 nitrogen and oxygen atoms in total. The van der Waals surface area contributed by atoms with Crippen LogP contribution in [-0.2, 0) is 4.74 Å². The van der Waals surface area contributed by atoms with Gasteiger partial charge in [0.2, 0.25) is 0 Å². The normalized spacial score (nSPS) is 30.6. The molecule has 1 aliphatic carbocycles. The summed E-state index contributed by atoms with van der Waals surface area (Å²) in [6.07, 6.45) is 10.0. The third kappa shape index (κ3) is 3.46. The van der Waals surface area contributed by atoms with Crippen molar-refractivity contribution in [2.45, 2.75) is 58.0 Å². The Hall–Kier alpha value is -0.0800. The van der Waals surface area contributed by atoms with E-state index in [0.717, 1.165) is 13.2 Å². The molecule has 1 saturated heterocycles. The molecule has 88 valence electrons. The fraction of sp³-hybridized carbons (Fsp3) is 1.00. The van der Waals surface area contributed by atoms with Crippen LogP contribution < -0.4 is 5.32 Å². The van der Waals surface area contributed by atoms with Gasteiger partial charge >= 0.3 is 0 Å². The van der Waals surface area contributed by atoms with Crippen molar-refractivity contribution in [1.82, 2.24) is 5.32 Å². The molecule has 0 aromatic heterocycles. The van der Waals surface area contributed by atoms with Crippen molar-refractivity contribution in [3.63, 3.8) is 0 Å². The molecule has 1 N–H and O–H groups in total. The lowest BCUT2D eigenvalue weighted by Crippen LogP contribution is -2.37. The lowest BCUT2D eigenvalue weighted by Gasteiger charge is -2.27. The third-order valence-electron chi connectivity index (χ3n) is 4.01. The molecule has 2 heteroatoms. The first-order valence-electron chi connectivity index (χ1n) is 6.61. The maximum Gasteiger partial charge on any atom is 0.0699 e. The number of ether oxygens (including phenoxy) is 1. The van der Waals surface area contributed by atoms with Gasteiger partial charge in [0.15, 0.2) is 0 Å². The Bertz CT molecular complexity index is 181. The van der Waals surface area contributed by atoms with Crippen molar-refractivity contribution in [3.8, 4) is 0 Å². The summed E-state index contributed by atoms with van der Waals surface area (Å²) in [7, 11) is 0. The van der Waals surface area contributed by atoms with Crippen LogP contribution >= 0.6 is 0 Å². The SMILES string of the molecule is CC1(CNCC2CCCCO2)CCCC1. The third-order valence-corrected chi connectivity index (χ3v) is 4.01.